The number of hydrogen-bond donors (Lipinski definition) is 1. The van der Waals surface area contributed by atoms with Crippen molar-refractivity contribution in [1.82, 2.24) is 0 Å². The molecule has 0 atom stereocenters. The van der Waals surface area contributed by atoms with Crippen LogP contribution in [0.3, 0.4) is 0 Å². The molecule has 1 aliphatic rings. The topological polar surface area (TPSA) is 46.5 Å². The second-order valence-electron chi connectivity index (χ2n) is 4.46. The molecule has 0 amide bonds. The van der Waals surface area contributed by atoms with E-state index in [0.717, 1.165) is 12.8 Å². The van der Waals surface area contributed by atoms with E-state index in [0.29, 0.717) is 16.8 Å². The van der Waals surface area contributed by atoms with Crippen molar-refractivity contribution < 1.29 is 19.0 Å². The summed E-state index contributed by atoms with van der Waals surface area (Å²) in [7, 11) is 0. The Bertz CT molecular complexity index is 423. The van der Waals surface area contributed by atoms with E-state index in [2.05, 4.69) is 15.9 Å². The van der Waals surface area contributed by atoms with Gasteiger partial charge in [0.15, 0.2) is 0 Å². The molecule has 1 saturated carbocycles. The van der Waals surface area contributed by atoms with Gasteiger partial charge in [0.05, 0.1) is 13.0 Å². The van der Waals surface area contributed by atoms with Crippen LogP contribution in [0.1, 0.15) is 19.3 Å². The number of aliphatic carboxylic acids is 1. The van der Waals surface area contributed by atoms with Crippen molar-refractivity contribution in [3.05, 3.63) is 28.5 Å². The molecule has 1 aromatic carbocycles. The van der Waals surface area contributed by atoms with E-state index in [4.69, 9.17) is 9.84 Å². The van der Waals surface area contributed by atoms with Gasteiger partial charge in [-0.15, -0.1) is 0 Å². The fraction of sp³-hybridized carbons (Fsp3) is 0.417. The smallest absolute Gasteiger partial charge is 0.304 e. The van der Waals surface area contributed by atoms with E-state index < -0.39 is 5.97 Å². The fourth-order valence-electron chi connectivity index (χ4n) is 1.72. The maximum absolute atomic E-state index is 13.1. The van der Waals surface area contributed by atoms with Crippen LogP contribution in [0, 0.1) is 11.2 Å². The summed E-state index contributed by atoms with van der Waals surface area (Å²) in [5.41, 5.74) is -0.245. The van der Waals surface area contributed by atoms with Crippen LogP contribution in [0.2, 0.25) is 0 Å². The fourth-order valence-corrected chi connectivity index (χ4v) is 2.16. The summed E-state index contributed by atoms with van der Waals surface area (Å²) in [6.45, 7) is 0.329. The van der Waals surface area contributed by atoms with E-state index >= 15 is 0 Å². The van der Waals surface area contributed by atoms with Crippen molar-refractivity contribution in [2.45, 2.75) is 19.3 Å². The van der Waals surface area contributed by atoms with Crippen molar-refractivity contribution in [3.8, 4) is 5.75 Å². The third-order valence-corrected chi connectivity index (χ3v) is 3.32. The first-order chi connectivity index (χ1) is 7.99. The van der Waals surface area contributed by atoms with E-state index in [9.17, 15) is 9.18 Å². The lowest BCUT2D eigenvalue weighted by Crippen LogP contribution is -2.17. The Morgan fingerprint density at radius 2 is 2.18 bits per heavy atom. The average molecular weight is 303 g/mol. The number of halogens is 2. The van der Waals surface area contributed by atoms with Crippen LogP contribution in [0.4, 0.5) is 4.39 Å². The van der Waals surface area contributed by atoms with Crippen LogP contribution in [0.15, 0.2) is 22.7 Å². The molecule has 1 aromatic rings. The third kappa shape index (κ3) is 3.43. The molecule has 1 fully saturated rings. The number of benzene rings is 1. The monoisotopic (exact) mass is 302 g/mol. The highest BCUT2D eigenvalue weighted by molar-refractivity contribution is 9.10. The summed E-state index contributed by atoms with van der Waals surface area (Å²) in [5, 5.41) is 8.75. The van der Waals surface area contributed by atoms with Crippen molar-refractivity contribution >= 4 is 21.9 Å². The number of carboxylic acids is 1. The van der Waals surface area contributed by atoms with Gasteiger partial charge in [-0.2, -0.15) is 0 Å². The quantitative estimate of drug-likeness (QED) is 0.908. The molecular formula is C12H12BrFO3. The maximum atomic E-state index is 13.1. The number of ether oxygens (including phenoxy) is 1. The molecule has 92 valence electrons. The summed E-state index contributed by atoms with van der Waals surface area (Å²) >= 11 is 3.18. The standard InChI is InChI=1S/C12H12BrFO3/c13-8-3-9(14)5-10(4-8)17-7-12(1-2-12)6-11(15)16/h3-5H,1-2,6-7H2,(H,15,16). The van der Waals surface area contributed by atoms with Gasteiger partial charge in [-0.25, -0.2) is 4.39 Å². The lowest BCUT2D eigenvalue weighted by Gasteiger charge is -2.14. The Hall–Kier alpha value is -1.10. The highest BCUT2D eigenvalue weighted by Gasteiger charge is 2.45. The van der Waals surface area contributed by atoms with E-state index in [1.165, 1.54) is 12.1 Å². The molecule has 0 bridgehead atoms. The molecule has 5 heteroatoms. The van der Waals surface area contributed by atoms with Gasteiger partial charge in [0.25, 0.3) is 0 Å². The molecule has 0 heterocycles. The molecule has 0 radical (unpaired) electrons. The first kappa shape index (κ1) is 12.4. The SMILES string of the molecule is O=C(O)CC1(COc2cc(F)cc(Br)c2)CC1. The molecule has 0 aromatic heterocycles. The minimum atomic E-state index is -0.813. The van der Waals surface area contributed by atoms with Crippen molar-refractivity contribution in [2.75, 3.05) is 6.61 Å². The molecule has 0 unspecified atom stereocenters. The highest BCUT2D eigenvalue weighted by atomic mass is 79.9. The Kier molecular flexibility index (Phi) is 3.38. The van der Waals surface area contributed by atoms with Gasteiger partial charge in [0.2, 0.25) is 0 Å². The number of carboxylic acid groups (broad SMARTS) is 1. The zero-order chi connectivity index (χ0) is 12.5. The van der Waals surface area contributed by atoms with Crippen LogP contribution in [0.25, 0.3) is 0 Å². The Morgan fingerprint density at radius 3 is 2.71 bits per heavy atom. The molecule has 1 N–H and O–H groups in total. The molecule has 0 saturated heterocycles. The van der Waals surface area contributed by atoms with Gasteiger partial charge >= 0.3 is 5.97 Å². The third-order valence-electron chi connectivity index (χ3n) is 2.86. The van der Waals surface area contributed by atoms with Gasteiger partial charge < -0.3 is 9.84 Å². The summed E-state index contributed by atoms with van der Waals surface area (Å²) in [6.07, 6.45) is 1.83. The van der Waals surface area contributed by atoms with Crippen LogP contribution in [0.5, 0.6) is 5.75 Å². The van der Waals surface area contributed by atoms with E-state index in [1.807, 2.05) is 0 Å². The second-order valence-corrected chi connectivity index (χ2v) is 5.38. The van der Waals surface area contributed by atoms with Crippen molar-refractivity contribution in [1.29, 1.82) is 0 Å². The Morgan fingerprint density at radius 1 is 1.47 bits per heavy atom. The average Bonchev–Trinajstić information content (AvgIpc) is 2.93. The zero-order valence-electron chi connectivity index (χ0n) is 9.08. The highest BCUT2D eigenvalue weighted by Crippen LogP contribution is 2.49. The molecule has 17 heavy (non-hydrogen) atoms. The van der Waals surface area contributed by atoms with Gasteiger partial charge in [-0.3, -0.25) is 4.79 Å². The zero-order valence-corrected chi connectivity index (χ0v) is 10.7. The van der Waals surface area contributed by atoms with Gasteiger partial charge in [0, 0.05) is 16.0 Å². The predicted molar refractivity (Wildman–Crippen MR) is 63.5 cm³/mol. The van der Waals surface area contributed by atoms with Gasteiger partial charge in [-0.05, 0) is 25.0 Å². The first-order valence-corrected chi connectivity index (χ1v) is 6.09. The molecule has 2 rings (SSSR count). The van der Waals surface area contributed by atoms with Gasteiger partial charge in [-0.1, -0.05) is 15.9 Å². The molecular weight excluding hydrogens is 291 g/mol. The minimum Gasteiger partial charge on any atom is -0.493 e. The van der Waals surface area contributed by atoms with E-state index in [1.54, 1.807) is 6.07 Å². The number of hydrogen-bond acceptors (Lipinski definition) is 2. The molecule has 0 spiro atoms. The van der Waals surface area contributed by atoms with Crippen LogP contribution < -0.4 is 4.74 Å². The molecule has 1 aliphatic carbocycles. The van der Waals surface area contributed by atoms with Gasteiger partial charge in [0.1, 0.15) is 11.6 Å². The summed E-state index contributed by atoms with van der Waals surface area (Å²) in [5.74, 6) is -0.766. The summed E-state index contributed by atoms with van der Waals surface area (Å²) in [6, 6.07) is 4.30. The maximum Gasteiger partial charge on any atom is 0.304 e. The second kappa shape index (κ2) is 4.64. The summed E-state index contributed by atoms with van der Waals surface area (Å²) in [4.78, 5) is 10.7. The van der Waals surface area contributed by atoms with Crippen LogP contribution in [-0.4, -0.2) is 17.7 Å². The van der Waals surface area contributed by atoms with Crippen LogP contribution >= 0.6 is 15.9 Å². The lowest BCUT2D eigenvalue weighted by molar-refractivity contribution is -0.138. The molecule has 3 nitrogen and oxygen atoms in total. The number of carbonyl (C=O) groups is 1. The predicted octanol–water partition coefficient (Wildman–Crippen LogP) is 3.22. The normalized spacial score (nSPS) is 16.6. The number of rotatable bonds is 5. The van der Waals surface area contributed by atoms with Crippen molar-refractivity contribution in [2.24, 2.45) is 5.41 Å². The summed E-state index contributed by atoms with van der Waals surface area (Å²) < 4.78 is 19.1. The lowest BCUT2D eigenvalue weighted by atomic mass is 10.0. The van der Waals surface area contributed by atoms with Crippen molar-refractivity contribution in [3.63, 3.8) is 0 Å². The van der Waals surface area contributed by atoms with E-state index in [-0.39, 0.29) is 17.7 Å². The first-order valence-electron chi connectivity index (χ1n) is 5.30. The Labute approximate surface area is 107 Å². The van der Waals surface area contributed by atoms with Crippen LogP contribution in [-0.2, 0) is 4.79 Å². The minimum absolute atomic E-state index is 0.115. The Balaban J connectivity index is 1.96. The molecule has 0 aliphatic heterocycles. The largest absolute Gasteiger partial charge is 0.493 e.